The number of carboxylic acids is 2. The molecule has 0 aromatic rings. The van der Waals surface area contributed by atoms with Gasteiger partial charge in [-0.1, -0.05) is 180 Å². The van der Waals surface area contributed by atoms with Crippen molar-refractivity contribution in [2.75, 3.05) is 33.0 Å². The summed E-state index contributed by atoms with van der Waals surface area (Å²) in [5, 5.41) is 205. The van der Waals surface area contributed by atoms with Crippen molar-refractivity contribution in [1.29, 1.82) is 0 Å². The van der Waals surface area contributed by atoms with Crippen molar-refractivity contribution in [3.8, 4) is 0 Å². The molecule has 32 nitrogen and oxygen atoms in total. The Morgan fingerprint density at radius 3 is 1.45 bits per heavy atom. The van der Waals surface area contributed by atoms with Crippen molar-refractivity contribution >= 4 is 29.6 Å². The summed E-state index contributed by atoms with van der Waals surface area (Å²) in [7, 11) is 0. The molecule has 34 heteroatoms. The van der Waals surface area contributed by atoms with Gasteiger partial charge in [0.1, 0.15) is 97.5 Å². The molecule has 4 aliphatic rings. The van der Waals surface area contributed by atoms with Crippen molar-refractivity contribution in [1.82, 2.24) is 5.32 Å². The van der Waals surface area contributed by atoms with Gasteiger partial charge in [-0.25, -0.2) is 9.59 Å². The fourth-order valence-electron chi connectivity index (χ4n) is 13.4. The average Bonchev–Trinajstić information content (AvgIpc) is 0.756. The molecule has 0 spiro atoms. The van der Waals surface area contributed by atoms with Crippen molar-refractivity contribution in [3.05, 3.63) is 12.2 Å². The normalized spacial score (nSPS) is 31.6. The molecule has 24 atom stereocenters. The third-order valence-corrected chi connectivity index (χ3v) is 19.3. The minimum Gasteiger partial charge on any atom is -0.862 e. The second-order valence-corrected chi connectivity index (χ2v) is 27.7. The first kappa shape index (κ1) is 98.3. The Bertz CT molecular complexity index is 2440. The van der Waals surface area contributed by atoms with Crippen LogP contribution in [0.25, 0.3) is 0 Å². The number of aliphatic hydroxyl groups is 14. The Balaban J connectivity index is 0.0000184. The van der Waals surface area contributed by atoms with Crippen LogP contribution in [0.1, 0.15) is 220 Å². The standard InChI is InChI=1S/C70H125N3O29.2Na/c1-5-7-9-11-13-15-17-19-20-22-24-26-28-30-32-34-52(84)73-44(45(80)33-31-29-27-25-23-21-18-16-14-12-10-8-6-2)41-95-65-59(89)58(88)61(51(40-77)97-65)98-66-60(90)64(56(86)49(38-75)96-66)102-70(68(93)94)36-47(82)54(72-43(4)79)63(101-70)57(87)50(39-76)99-69(67(91)92)35-46(81)53(71-42(3)78)62(100-69)55(85)48(83)37-74;;/h31,33,44-51,53-66,74-77,80-83,85-90H,5-30,32,34-41H2,1-4H3,(H,71,78)(H,72,79)(H,73,84)(H,91,92)(H,93,94);;/q;2*+1/p-2/b33-31+;;/t44-,45+,46?,47?,48+,49?,50-,51-,53+,54+,55-,56+,57-,58?,59?,60?,61+,62?,63?,64-,65+,66-,69+,70-;;/m0../s1. The third kappa shape index (κ3) is 31.4. The van der Waals surface area contributed by atoms with Gasteiger partial charge in [-0.3, -0.25) is 14.8 Å². The molecule has 0 radical (unpaired) electrons. The van der Waals surface area contributed by atoms with E-state index in [1.165, 1.54) is 109 Å². The Morgan fingerprint density at radius 2 is 1.00 bits per heavy atom. The van der Waals surface area contributed by atoms with Crippen LogP contribution >= 0.6 is 0 Å². The quantitative estimate of drug-likeness (QED) is 0.00885. The largest absolute Gasteiger partial charge is 1.00 e. The molecule has 17 N–H and O–H groups in total. The fraction of sp³-hybridized carbons (Fsp3) is 0.900. The molecule has 4 saturated heterocycles. The van der Waals surface area contributed by atoms with E-state index >= 15 is 0 Å². The van der Waals surface area contributed by atoms with Crippen molar-refractivity contribution < 1.29 is 203 Å². The fourth-order valence-corrected chi connectivity index (χ4v) is 13.4. The van der Waals surface area contributed by atoms with Crippen LogP contribution in [0.2, 0.25) is 0 Å². The molecular weight excluding hydrogens is 1390 g/mol. The molecule has 0 saturated carbocycles. The van der Waals surface area contributed by atoms with Crippen LogP contribution in [-0.4, -0.2) is 290 Å². The number of aliphatic carboxylic acids is 2. The zero-order chi connectivity index (χ0) is 75.5. The smallest absolute Gasteiger partial charge is 0.862 e. The van der Waals surface area contributed by atoms with Crippen LogP contribution in [0.3, 0.4) is 0 Å². The van der Waals surface area contributed by atoms with Crippen LogP contribution < -0.4 is 74.6 Å². The minimum atomic E-state index is -3.41. The second-order valence-electron chi connectivity index (χ2n) is 27.7. The van der Waals surface area contributed by atoms with Gasteiger partial charge in [-0.15, -0.1) is 0 Å². The molecule has 8 unspecified atom stereocenters. The number of hydrogen-bond donors (Lipinski definition) is 17. The van der Waals surface area contributed by atoms with Crippen LogP contribution in [0.4, 0.5) is 0 Å². The molecule has 4 rings (SSSR count). The molecule has 594 valence electrons. The van der Waals surface area contributed by atoms with E-state index in [0.717, 1.165) is 65.2 Å². The summed E-state index contributed by atoms with van der Waals surface area (Å²) in [4.78, 5) is 47.5. The SMILES string of the molecule is CCCCCCCCCCCCC/C=C/[C@@H](O)[C@H](CO[C@@H]1O[C@@H](CO)[C@@H](O[C@@H]2OC(CO)[C@@H](O)[C@H](O[C@]3(C(=O)O)CC(O)[C@@H](N=C(C)[O-])C([C@@H](O)[C@H](CO)O[C@]4(C(=O)O)CC(O)[C@@H](N=C(C)[O-])C([C@@H](O)[C@H](O)CO)O4)O3)C2O)C(O)C1O)NC(=O)CCCCCCCCCCCCCCCCC.[Na+].[Na+]. The topological polar surface area (TPSA) is 532 Å². The number of ether oxygens (including phenoxy) is 8. The first-order valence-electron chi connectivity index (χ1n) is 37.1. The summed E-state index contributed by atoms with van der Waals surface area (Å²) < 4.78 is 46.3. The minimum absolute atomic E-state index is 0. The molecule has 4 heterocycles. The number of carbonyl (C=O) groups is 3. The summed E-state index contributed by atoms with van der Waals surface area (Å²) in [6, 6.07) is -4.99. The monoisotopic (exact) mass is 1520 g/mol. The molecule has 0 bridgehead atoms. The number of nitrogens with one attached hydrogen (secondary N) is 1. The third-order valence-electron chi connectivity index (χ3n) is 19.3. The van der Waals surface area contributed by atoms with Gasteiger partial charge in [0, 0.05) is 19.3 Å². The molecule has 0 aliphatic carbocycles. The predicted molar refractivity (Wildman–Crippen MR) is 362 cm³/mol. The van der Waals surface area contributed by atoms with E-state index in [1.807, 2.05) is 6.08 Å². The van der Waals surface area contributed by atoms with Gasteiger partial charge in [0.2, 0.25) is 5.91 Å². The number of allylic oxidation sites excluding steroid dienone is 1. The van der Waals surface area contributed by atoms with Gasteiger partial charge in [0.25, 0.3) is 11.6 Å². The van der Waals surface area contributed by atoms with E-state index in [1.54, 1.807) is 6.08 Å². The first-order chi connectivity index (χ1) is 48.7. The second kappa shape index (κ2) is 52.4. The summed E-state index contributed by atoms with van der Waals surface area (Å²) in [6.07, 6.45) is -8.95. The van der Waals surface area contributed by atoms with E-state index in [-0.39, 0.29) is 71.4 Å². The van der Waals surface area contributed by atoms with Crippen LogP contribution in [-0.2, 0) is 52.3 Å². The Labute approximate surface area is 655 Å². The van der Waals surface area contributed by atoms with Gasteiger partial charge in [0.15, 0.2) is 12.6 Å². The maximum absolute atomic E-state index is 13.6. The predicted octanol–water partition coefficient (Wildman–Crippen LogP) is -6.37. The van der Waals surface area contributed by atoms with Gasteiger partial charge in [-0.05, 0) is 44.9 Å². The van der Waals surface area contributed by atoms with E-state index in [9.17, 15) is 106 Å². The molecule has 4 aliphatic heterocycles. The Hall–Kier alpha value is -1.79. The number of unbranched alkanes of at least 4 members (excludes halogenated alkanes) is 25. The van der Waals surface area contributed by atoms with Crippen LogP contribution in [0.15, 0.2) is 22.1 Å². The Morgan fingerprint density at radius 1 is 0.558 bits per heavy atom. The number of aliphatic hydroxyl groups excluding tert-OH is 14. The van der Waals surface area contributed by atoms with E-state index in [4.69, 9.17) is 37.9 Å². The van der Waals surface area contributed by atoms with E-state index in [0.29, 0.717) is 12.8 Å². The molecule has 104 heavy (non-hydrogen) atoms. The van der Waals surface area contributed by atoms with E-state index < -0.39 is 216 Å². The van der Waals surface area contributed by atoms with Crippen LogP contribution in [0, 0.1) is 0 Å². The molecule has 0 aromatic heterocycles. The molecule has 1 amide bonds. The number of aliphatic imine (C=N–C) groups is 2. The number of hydrogen-bond acceptors (Lipinski definition) is 29. The van der Waals surface area contributed by atoms with Crippen LogP contribution in [0.5, 0.6) is 0 Å². The molecule has 4 fully saturated rings. The number of amides is 1. The Kier molecular flexibility index (Phi) is 49.6. The van der Waals surface area contributed by atoms with Crippen molar-refractivity contribution in [3.63, 3.8) is 0 Å². The summed E-state index contributed by atoms with van der Waals surface area (Å²) >= 11 is 0. The molecule has 0 aromatic carbocycles. The number of rotatable bonds is 52. The van der Waals surface area contributed by atoms with E-state index in [2.05, 4.69) is 29.1 Å². The summed E-state index contributed by atoms with van der Waals surface area (Å²) in [5.41, 5.74) is 0. The van der Waals surface area contributed by atoms with Gasteiger partial charge in [0.05, 0.1) is 57.4 Å². The average molecular weight is 1520 g/mol. The first-order valence-corrected chi connectivity index (χ1v) is 37.1. The molecular formula is C70H123N3Na2O29. The zero-order valence-electron chi connectivity index (χ0n) is 62.0. The van der Waals surface area contributed by atoms with Gasteiger partial charge in [-0.2, -0.15) is 0 Å². The van der Waals surface area contributed by atoms with Gasteiger partial charge < -0.3 is 135 Å². The van der Waals surface area contributed by atoms with Gasteiger partial charge >= 0.3 is 71.1 Å². The van der Waals surface area contributed by atoms with Crippen molar-refractivity contribution in [2.45, 2.75) is 366 Å². The maximum Gasteiger partial charge on any atom is 1.00 e. The summed E-state index contributed by atoms with van der Waals surface area (Å²) in [5.74, 6) is -13.5. The summed E-state index contributed by atoms with van der Waals surface area (Å²) in [6.45, 7) is 0.928. The zero-order valence-corrected chi connectivity index (χ0v) is 66.0. The number of nitrogens with zero attached hydrogens (tertiary/aromatic N) is 2. The number of carboxylic acid groups (broad SMARTS) is 2. The number of carbonyl (C=O) groups excluding carboxylic acids is 1. The maximum atomic E-state index is 13.6. The van der Waals surface area contributed by atoms with Crippen molar-refractivity contribution in [2.24, 2.45) is 9.98 Å².